The Labute approximate surface area is 317 Å². The van der Waals surface area contributed by atoms with Gasteiger partial charge in [-0.3, -0.25) is 0 Å². The standard InChI is InChI=1S/C51H31N3O/c1-2-10-32(11-3-1)38-22-18-35-19-23-39(31-42(35)30-38)43-26-27-45(47-44-16-8-9-17-46(44)55-48(43)47)51-53-49(40-24-20-33-12-4-6-14-36(33)28-40)52-50(54-51)41-25-21-34-13-5-7-15-37(34)29-41/h1-31H. The molecule has 0 amide bonds. The maximum absolute atomic E-state index is 6.76. The van der Waals surface area contributed by atoms with E-state index in [1.54, 1.807) is 0 Å². The highest BCUT2D eigenvalue weighted by molar-refractivity contribution is 6.16. The first-order valence-corrected chi connectivity index (χ1v) is 18.5. The van der Waals surface area contributed by atoms with Gasteiger partial charge in [0.2, 0.25) is 0 Å². The quantitative estimate of drug-likeness (QED) is 0.179. The molecule has 0 fully saturated rings. The van der Waals surface area contributed by atoms with Crippen molar-refractivity contribution in [3.8, 4) is 56.4 Å². The van der Waals surface area contributed by atoms with Crippen molar-refractivity contribution < 1.29 is 4.42 Å². The summed E-state index contributed by atoms with van der Waals surface area (Å²) in [6, 6.07) is 65.9. The van der Waals surface area contributed by atoms with E-state index in [0.29, 0.717) is 17.5 Å². The number of furan rings is 1. The van der Waals surface area contributed by atoms with E-state index in [0.717, 1.165) is 60.5 Å². The van der Waals surface area contributed by atoms with Crippen LogP contribution < -0.4 is 0 Å². The minimum absolute atomic E-state index is 0.593. The second kappa shape index (κ2) is 12.6. The Morgan fingerprint density at radius 1 is 0.309 bits per heavy atom. The largest absolute Gasteiger partial charge is 0.455 e. The van der Waals surface area contributed by atoms with Crippen molar-refractivity contribution >= 4 is 54.3 Å². The van der Waals surface area contributed by atoms with Crippen LogP contribution in [0.3, 0.4) is 0 Å². The summed E-state index contributed by atoms with van der Waals surface area (Å²) in [5.41, 5.74) is 8.85. The number of benzene rings is 9. The number of fused-ring (bicyclic) bond motifs is 6. The monoisotopic (exact) mass is 701 g/mol. The summed E-state index contributed by atoms with van der Waals surface area (Å²) in [6.45, 7) is 0. The van der Waals surface area contributed by atoms with E-state index in [2.05, 4.69) is 176 Å². The van der Waals surface area contributed by atoms with Crippen LogP contribution in [0.4, 0.5) is 0 Å². The van der Waals surface area contributed by atoms with Crippen molar-refractivity contribution in [1.82, 2.24) is 15.0 Å². The summed E-state index contributed by atoms with van der Waals surface area (Å²) >= 11 is 0. The molecular formula is C51H31N3O. The number of nitrogens with zero attached hydrogens (tertiary/aromatic N) is 3. The van der Waals surface area contributed by atoms with E-state index in [1.165, 1.54) is 32.7 Å². The molecule has 0 aliphatic carbocycles. The van der Waals surface area contributed by atoms with Gasteiger partial charge in [-0.25, -0.2) is 15.0 Å². The molecule has 0 radical (unpaired) electrons. The first kappa shape index (κ1) is 31.1. The average molecular weight is 702 g/mol. The molecule has 55 heavy (non-hydrogen) atoms. The fourth-order valence-corrected chi connectivity index (χ4v) is 7.88. The molecule has 0 spiro atoms. The molecule has 0 N–H and O–H groups in total. The van der Waals surface area contributed by atoms with Gasteiger partial charge in [0.15, 0.2) is 17.5 Å². The van der Waals surface area contributed by atoms with Crippen LogP contribution in [0, 0.1) is 0 Å². The molecule has 11 rings (SSSR count). The van der Waals surface area contributed by atoms with Gasteiger partial charge in [0.25, 0.3) is 0 Å². The number of rotatable bonds is 5. The third-order valence-corrected chi connectivity index (χ3v) is 10.7. The normalized spacial score (nSPS) is 11.6. The molecule has 2 aromatic heterocycles. The van der Waals surface area contributed by atoms with E-state index in [1.807, 2.05) is 12.1 Å². The second-order valence-electron chi connectivity index (χ2n) is 14.0. The van der Waals surface area contributed by atoms with Gasteiger partial charge < -0.3 is 4.42 Å². The zero-order valence-electron chi connectivity index (χ0n) is 29.6. The predicted octanol–water partition coefficient (Wildman–Crippen LogP) is 13.6. The molecule has 4 heteroatoms. The van der Waals surface area contributed by atoms with Crippen LogP contribution in [0.25, 0.3) is 111 Å². The Bertz CT molecular complexity index is 3180. The molecule has 0 saturated heterocycles. The van der Waals surface area contributed by atoms with Crippen LogP contribution in [0.1, 0.15) is 0 Å². The Kier molecular flexibility index (Phi) is 7.14. The lowest BCUT2D eigenvalue weighted by Crippen LogP contribution is -2.00. The van der Waals surface area contributed by atoms with Gasteiger partial charge in [-0.2, -0.15) is 0 Å². The minimum atomic E-state index is 0.593. The molecule has 0 aliphatic rings. The van der Waals surface area contributed by atoms with Crippen LogP contribution >= 0.6 is 0 Å². The highest BCUT2D eigenvalue weighted by Crippen LogP contribution is 2.42. The number of aromatic nitrogens is 3. The van der Waals surface area contributed by atoms with Crippen LogP contribution in [0.15, 0.2) is 192 Å². The third-order valence-electron chi connectivity index (χ3n) is 10.7. The molecule has 0 saturated carbocycles. The number of para-hydroxylation sites is 1. The third kappa shape index (κ3) is 5.43. The lowest BCUT2D eigenvalue weighted by atomic mass is 9.95. The number of hydrogen-bond donors (Lipinski definition) is 0. The van der Waals surface area contributed by atoms with Crippen LogP contribution in [-0.4, -0.2) is 15.0 Å². The van der Waals surface area contributed by atoms with Crippen LogP contribution in [0.2, 0.25) is 0 Å². The smallest absolute Gasteiger partial charge is 0.164 e. The molecule has 0 atom stereocenters. The van der Waals surface area contributed by atoms with Gasteiger partial charge >= 0.3 is 0 Å². The molecule has 2 heterocycles. The lowest BCUT2D eigenvalue weighted by molar-refractivity contribution is 0.670. The van der Waals surface area contributed by atoms with Crippen molar-refractivity contribution in [2.45, 2.75) is 0 Å². The summed E-state index contributed by atoms with van der Waals surface area (Å²) in [7, 11) is 0. The highest BCUT2D eigenvalue weighted by atomic mass is 16.3. The fraction of sp³-hybridized carbons (Fsp3) is 0. The zero-order chi connectivity index (χ0) is 36.3. The van der Waals surface area contributed by atoms with Gasteiger partial charge in [-0.1, -0.05) is 146 Å². The molecule has 0 aliphatic heterocycles. The van der Waals surface area contributed by atoms with Gasteiger partial charge in [0, 0.05) is 33.0 Å². The molecule has 0 unspecified atom stereocenters. The number of hydrogen-bond acceptors (Lipinski definition) is 4. The highest BCUT2D eigenvalue weighted by Gasteiger charge is 2.21. The SMILES string of the molecule is c1ccc(-c2ccc3ccc(-c4ccc(-c5nc(-c6ccc7ccccc7c6)nc(-c6ccc7ccccc7c6)n5)c5c4oc4ccccc45)cc3c2)cc1. The van der Waals surface area contributed by atoms with Crippen molar-refractivity contribution in [3.05, 3.63) is 188 Å². The van der Waals surface area contributed by atoms with E-state index >= 15 is 0 Å². The van der Waals surface area contributed by atoms with Gasteiger partial charge in [-0.15, -0.1) is 0 Å². The van der Waals surface area contributed by atoms with E-state index in [9.17, 15) is 0 Å². The first-order chi connectivity index (χ1) is 27.2. The van der Waals surface area contributed by atoms with E-state index in [-0.39, 0.29) is 0 Å². The molecule has 0 bridgehead atoms. The average Bonchev–Trinajstić information content (AvgIpc) is 3.65. The van der Waals surface area contributed by atoms with Crippen molar-refractivity contribution in [2.24, 2.45) is 0 Å². The molecule has 4 nitrogen and oxygen atoms in total. The van der Waals surface area contributed by atoms with E-state index < -0.39 is 0 Å². The summed E-state index contributed by atoms with van der Waals surface area (Å²) in [6.07, 6.45) is 0. The Balaban J connectivity index is 1.13. The summed E-state index contributed by atoms with van der Waals surface area (Å²) < 4.78 is 6.76. The summed E-state index contributed by atoms with van der Waals surface area (Å²) in [4.78, 5) is 15.6. The van der Waals surface area contributed by atoms with Gasteiger partial charge in [0.1, 0.15) is 11.2 Å². The van der Waals surface area contributed by atoms with Crippen molar-refractivity contribution in [2.75, 3.05) is 0 Å². The van der Waals surface area contributed by atoms with Crippen LogP contribution in [0.5, 0.6) is 0 Å². The summed E-state index contributed by atoms with van der Waals surface area (Å²) in [5, 5.41) is 8.96. The topological polar surface area (TPSA) is 51.8 Å². The maximum atomic E-state index is 6.76. The minimum Gasteiger partial charge on any atom is -0.455 e. The second-order valence-corrected chi connectivity index (χ2v) is 14.0. The summed E-state index contributed by atoms with van der Waals surface area (Å²) in [5.74, 6) is 1.83. The Morgan fingerprint density at radius 3 is 1.49 bits per heavy atom. The molecule has 9 aromatic carbocycles. The fourth-order valence-electron chi connectivity index (χ4n) is 7.88. The molecular weight excluding hydrogens is 671 g/mol. The molecule has 11 aromatic rings. The van der Waals surface area contributed by atoms with Crippen LogP contribution in [-0.2, 0) is 0 Å². The Morgan fingerprint density at radius 2 is 0.800 bits per heavy atom. The van der Waals surface area contributed by atoms with Gasteiger partial charge in [0.05, 0.1) is 0 Å². The first-order valence-electron chi connectivity index (χ1n) is 18.5. The Hall–Kier alpha value is -7.43. The predicted molar refractivity (Wildman–Crippen MR) is 227 cm³/mol. The molecule has 256 valence electrons. The lowest BCUT2D eigenvalue weighted by Gasteiger charge is -2.12. The van der Waals surface area contributed by atoms with Gasteiger partial charge in [-0.05, 0) is 91.5 Å². The van der Waals surface area contributed by atoms with Crippen molar-refractivity contribution in [3.63, 3.8) is 0 Å². The maximum Gasteiger partial charge on any atom is 0.164 e. The van der Waals surface area contributed by atoms with E-state index in [4.69, 9.17) is 19.4 Å². The zero-order valence-corrected chi connectivity index (χ0v) is 29.6. The van der Waals surface area contributed by atoms with Crippen molar-refractivity contribution in [1.29, 1.82) is 0 Å².